The van der Waals surface area contributed by atoms with E-state index in [0.29, 0.717) is 0 Å². The van der Waals surface area contributed by atoms with Gasteiger partial charge in [0.15, 0.2) is 0 Å². The van der Waals surface area contributed by atoms with Gasteiger partial charge in [-0.05, 0) is 0 Å². The molecule has 0 spiro atoms. The van der Waals surface area contributed by atoms with Gasteiger partial charge < -0.3 is 4.46 Å². The van der Waals surface area contributed by atoms with Gasteiger partial charge in [0, 0.05) is 6.04 Å². The molecule has 0 saturated carbocycles. The Labute approximate surface area is 37.3 Å². The van der Waals surface area contributed by atoms with Crippen molar-refractivity contribution in [3.8, 4) is 0 Å². The summed E-state index contributed by atoms with van der Waals surface area (Å²) in [5.74, 6) is 0. The van der Waals surface area contributed by atoms with Crippen molar-refractivity contribution in [1.82, 2.24) is 0 Å². The van der Waals surface area contributed by atoms with Crippen LogP contribution in [0.4, 0.5) is 4.11 Å². The highest BCUT2D eigenvalue weighted by atomic mass is 28.3. The van der Waals surface area contributed by atoms with Crippen LogP contribution in [0.15, 0.2) is 12.7 Å². The molecule has 0 heterocycles. The maximum Gasteiger partial charge on any atom is 0.486 e. The van der Waals surface area contributed by atoms with E-state index in [2.05, 4.69) is 6.58 Å². The van der Waals surface area contributed by atoms with E-state index in [1.165, 1.54) is 6.08 Å². The summed E-state index contributed by atoms with van der Waals surface area (Å²) < 4.78 is 20.7. The highest BCUT2D eigenvalue weighted by molar-refractivity contribution is 6.34. The Morgan fingerprint density at radius 3 is 2.50 bits per heavy atom. The third kappa shape index (κ3) is 3.69. The van der Waals surface area contributed by atoms with E-state index in [9.17, 15) is 8.57 Å². The minimum absolute atomic E-state index is 0.0185. The molecule has 0 N–H and O–H groups in total. The van der Waals surface area contributed by atoms with Gasteiger partial charge >= 0.3 is 9.02 Å². The molecule has 0 aliphatic carbocycles. The molecule has 34 valence electrons. The fourth-order valence-corrected chi connectivity index (χ4v) is 0.340. The average molecular weight is 104 g/mol. The molecule has 0 saturated heterocycles. The van der Waals surface area contributed by atoms with Crippen molar-refractivity contribution >= 4 is 9.02 Å². The molecule has 0 aliphatic heterocycles. The molecule has 0 bridgehead atoms. The molecule has 3 heteroatoms. The molecule has 0 amide bonds. The molecule has 6 heavy (non-hydrogen) atoms. The third-order valence-corrected chi connectivity index (χ3v) is 0.914. The van der Waals surface area contributed by atoms with E-state index in [1.54, 1.807) is 0 Å². The van der Waals surface area contributed by atoms with Crippen LogP contribution in [-0.4, -0.2) is 9.02 Å². The van der Waals surface area contributed by atoms with Crippen LogP contribution in [0.2, 0.25) is 6.04 Å². The monoisotopic (exact) mass is 104 g/mol. The first kappa shape index (κ1) is 5.69. The molecule has 0 fully saturated rings. The van der Waals surface area contributed by atoms with E-state index in [0.717, 1.165) is 0 Å². The lowest BCUT2D eigenvalue weighted by Crippen LogP contribution is -1.81. The van der Waals surface area contributed by atoms with Crippen LogP contribution >= 0.6 is 0 Å². The van der Waals surface area contributed by atoms with Crippen molar-refractivity contribution in [2.75, 3.05) is 0 Å². The normalized spacial score (nSPS) is 7.50. The highest BCUT2D eigenvalue weighted by Crippen LogP contribution is 1.80. The van der Waals surface area contributed by atoms with Gasteiger partial charge in [-0.3, -0.25) is 0 Å². The number of hydrogen-bond acceptors (Lipinski definition) is 1. The number of hydrogen-bond donors (Lipinski definition) is 0. The van der Waals surface area contributed by atoms with E-state index in [1.807, 2.05) is 0 Å². The van der Waals surface area contributed by atoms with E-state index < -0.39 is 9.02 Å². The molecule has 0 radical (unpaired) electrons. The standard InChI is InChI=1S/C3H5FOSi/c1-2-3-6(4)5/h2H,1,3H2. The van der Waals surface area contributed by atoms with Gasteiger partial charge in [-0.1, -0.05) is 6.08 Å². The van der Waals surface area contributed by atoms with E-state index in [4.69, 9.17) is 0 Å². The number of halogens is 1. The Balaban J connectivity index is 3.05. The fourth-order valence-electron chi connectivity index (χ4n) is 0.113. The van der Waals surface area contributed by atoms with Gasteiger partial charge in [0.2, 0.25) is 0 Å². The van der Waals surface area contributed by atoms with Crippen molar-refractivity contribution in [2.45, 2.75) is 6.04 Å². The van der Waals surface area contributed by atoms with Gasteiger partial charge in [0.1, 0.15) is 0 Å². The predicted octanol–water partition coefficient (Wildman–Crippen LogP) is 1.06. The SMILES string of the molecule is C=CC[Si](=O)F. The highest BCUT2D eigenvalue weighted by Gasteiger charge is 1.93. The second kappa shape index (κ2) is 2.90. The van der Waals surface area contributed by atoms with Gasteiger partial charge in [-0.25, -0.2) is 4.11 Å². The third-order valence-electron chi connectivity index (χ3n) is 0.305. The van der Waals surface area contributed by atoms with Gasteiger partial charge in [-0.2, -0.15) is 0 Å². The molecule has 0 rings (SSSR count). The lowest BCUT2D eigenvalue weighted by molar-refractivity contribution is 0.520. The molecular weight excluding hydrogens is 99.1 g/mol. The summed E-state index contributed by atoms with van der Waals surface area (Å²) in [6.45, 7) is 3.19. The lowest BCUT2D eigenvalue weighted by atomic mass is 10.8. The van der Waals surface area contributed by atoms with Crippen molar-refractivity contribution in [3.63, 3.8) is 0 Å². The van der Waals surface area contributed by atoms with Gasteiger partial charge in [0.25, 0.3) is 0 Å². The largest absolute Gasteiger partial charge is 0.486 e. The Hall–Kier alpha value is -0.313. The minimum atomic E-state index is -2.75. The van der Waals surface area contributed by atoms with Crippen LogP contribution in [-0.2, 0) is 4.46 Å². The zero-order valence-electron chi connectivity index (χ0n) is 3.28. The Bertz CT molecular complexity index is 71.2. The van der Waals surface area contributed by atoms with E-state index in [-0.39, 0.29) is 6.04 Å². The summed E-state index contributed by atoms with van der Waals surface area (Å²) in [4.78, 5) is 0. The maximum absolute atomic E-state index is 11.2. The minimum Gasteiger partial charge on any atom is -0.345 e. The van der Waals surface area contributed by atoms with Crippen molar-refractivity contribution < 1.29 is 8.57 Å². The first-order valence-corrected chi connectivity index (χ1v) is 3.06. The fraction of sp³-hybridized carbons (Fsp3) is 0.333. The summed E-state index contributed by atoms with van der Waals surface area (Å²) >= 11 is 0. The van der Waals surface area contributed by atoms with Gasteiger partial charge in [-0.15, -0.1) is 6.58 Å². The summed E-state index contributed by atoms with van der Waals surface area (Å²) in [5, 5.41) is 0. The Kier molecular flexibility index (Phi) is 2.75. The van der Waals surface area contributed by atoms with Crippen molar-refractivity contribution in [2.24, 2.45) is 0 Å². The van der Waals surface area contributed by atoms with Crippen LogP contribution in [0.1, 0.15) is 0 Å². The quantitative estimate of drug-likeness (QED) is 0.291. The Morgan fingerprint density at radius 1 is 2.00 bits per heavy atom. The van der Waals surface area contributed by atoms with Crippen molar-refractivity contribution in [1.29, 1.82) is 0 Å². The van der Waals surface area contributed by atoms with Crippen LogP contribution in [0, 0.1) is 0 Å². The molecule has 0 aromatic rings. The molecule has 0 aromatic carbocycles. The smallest absolute Gasteiger partial charge is 0.345 e. The van der Waals surface area contributed by atoms with E-state index >= 15 is 0 Å². The molecule has 0 aliphatic rings. The maximum atomic E-state index is 11.2. The van der Waals surface area contributed by atoms with Crippen LogP contribution in [0.5, 0.6) is 0 Å². The van der Waals surface area contributed by atoms with Crippen molar-refractivity contribution in [3.05, 3.63) is 12.7 Å². The second-order valence-corrected chi connectivity index (χ2v) is 1.97. The summed E-state index contributed by atoms with van der Waals surface area (Å²) in [5.41, 5.74) is 0. The second-order valence-electron chi connectivity index (χ2n) is 0.848. The van der Waals surface area contributed by atoms with Gasteiger partial charge in [0.05, 0.1) is 0 Å². The first-order chi connectivity index (χ1) is 2.77. The van der Waals surface area contributed by atoms with Crippen LogP contribution in [0.3, 0.4) is 0 Å². The lowest BCUT2D eigenvalue weighted by Gasteiger charge is -1.67. The topological polar surface area (TPSA) is 17.1 Å². The average Bonchev–Trinajstić information content (AvgIpc) is 1.35. The molecule has 0 aromatic heterocycles. The number of rotatable bonds is 2. The zero-order valence-corrected chi connectivity index (χ0v) is 4.28. The summed E-state index contributed by atoms with van der Waals surface area (Å²) in [6, 6.07) is 0.0185. The molecule has 0 unspecified atom stereocenters. The zero-order chi connectivity index (χ0) is 4.99. The summed E-state index contributed by atoms with van der Waals surface area (Å²) in [7, 11) is -2.75. The molecule has 0 atom stereocenters. The first-order valence-electron chi connectivity index (χ1n) is 1.56. The molecular formula is C3H5FOSi. The summed E-state index contributed by atoms with van der Waals surface area (Å²) in [6.07, 6.45) is 1.31. The molecule has 1 nitrogen and oxygen atoms in total. The number of allylic oxidation sites excluding steroid dienone is 1. The van der Waals surface area contributed by atoms with Crippen LogP contribution in [0.25, 0.3) is 0 Å². The predicted molar refractivity (Wildman–Crippen MR) is 22.6 cm³/mol. The van der Waals surface area contributed by atoms with Crippen LogP contribution < -0.4 is 0 Å². The Morgan fingerprint density at radius 2 is 2.50 bits per heavy atom.